The zero-order valence-electron chi connectivity index (χ0n) is 13.8. The highest BCUT2D eigenvalue weighted by Crippen LogP contribution is 2.33. The van der Waals surface area contributed by atoms with Crippen molar-refractivity contribution in [3.63, 3.8) is 0 Å². The molecular formula is C17H23N3O2S. The number of aromatic nitrogens is 1. The Morgan fingerprint density at radius 1 is 1.52 bits per heavy atom. The second-order valence-electron chi connectivity index (χ2n) is 6.41. The minimum absolute atomic E-state index is 0.00709. The van der Waals surface area contributed by atoms with Crippen molar-refractivity contribution in [2.24, 2.45) is 5.92 Å². The van der Waals surface area contributed by atoms with Crippen molar-refractivity contribution in [2.75, 3.05) is 6.54 Å². The third-order valence-electron chi connectivity index (χ3n) is 4.28. The van der Waals surface area contributed by atoms with Crippen LogP contribution in [0.4, 0.5) is 4.79 Å². The van der Waals surface area contributed by atoms with Gasteiger partial charge in [-0.3, -0.25) is 0 Å². The Morgan fingerprint density at radius 3 is 2.96 bits per heavy atom. The van der Waals surface area contributed by atoms with E-state index < -0.39 is 0 Å². The van der Waals surface area contributed by atoms with E-state index >= 15 is 0 Å². The topological polar surface area (TPSA) is 58.4 Å². The molecule has 1 aliphatic rings. The fraction of sp³-hybridized carbons (Fsp3) is 0.529. The van der Waals surface area contributed by atoms with Gasteiger partial charge in [0.2, 0.25) is 0 Å². The summed E-state index contributed by atoms with van der Waals surface area (Å²) in [6, 6.07) is 6.05. The molecule has 1 N–H and O–H groups in total. The summed E-state index contributed by atoms with van der Waals surface area (Å²) in [6.07, 6.45) is 1.91. The van der Waals surface area contributed by atoms with Crippen LogP contribution < -0.4 is 5.32 Å². The van der Waals surface area contributed by atoms with Gasteiger partial charge in [-0.05, 0) is 37.1 Å². The summed E-state index contributed by atoms with van der Waals surface area (Å²) in [5.41, 5.74) is 0.853. The summed E-state index contributed by atoms with van der Waals surface area (Å²) in [4.78, 5) is 15.9. The standard InChI is InChI=1S/C17H23N3O2S/c1-11(2)16(15-7-5-9-23-15)18-17(21)20-8-4-6-13(20)14-10-12(3)19-22-14/h5,7,9-11,13,16H,4,6,8H2,1-3H3,(H,18,21)/t13-,16+/m0/s1. The smallest absolute Gasteiger partial charge is 0.318 e. The Morgan fingerprint density at radius 2 is 2.35 bits per heavy atom. The van der Waals surface area contributed by atoms with Gasteiger partial charge < -0.3 is 14.7 Å². The van der Waals surface area contributed by atoms with Gasteiger partial charge in [-0.1, -0.05) is 25.1 Å². The molecule has 1 saturated heterocycles. The molecule has 0 aromatic carbocycles. The zero-order chi connectivity index (χ0) is 16.4. The minimum atomic E-state index is -0.0198. The molecule has 0 saturated carbocycles. The molecule has 2 atom stereocenters. The van der Waals surface area contributed by atoms with Crippen LogP contribution in [0.15, 0.2) is 28.1 Å². The Bertz CT molecular complexity index is 651. The van der Waals surface area contributed by atoms with Crippen LogP contribution in [0.25, 0.3) is 0 Å². The van der Waals surface area contributed by atoms with E-state index in [0.29, 0.717) is 5.92 Å². The van der Waals surface area contributed by atoms with E-state index in [1.165, 1.54) is 4.88 Å². The molecule has 3 heterocycles. The maximum atomic E-state index is 12.8. The highest BCUT2D eigenvalue weighted by Gasteiger charge is 2.34. The van der Waals surface area contributed by atoms with Gasteiger partial charge in [0.1, 0.15) is 0 Å². The molecule has 0 aliphatic carbocycles. The van der Waals surface area contributed by atoms with Gasteiger partial charge in [0.05, 0.1) is 17.8 Å². The molecule has 2 aromatic rings. The van der Waals surface area contributed by atoms with Crippen LogP contribution in [0.2, 0.25) is 0 Å². The number of nitrogens with zero attached hydrogens (tertiary/aromatic N) is 2. The van der Waals surface area contributed by atoms with Crippen molar-refractivity contribution in [1.82, 2.24) is 15.4 Å². The van der Waals surface area contributed by atoms with Gasteiger partial charge in [0.25, 0.3) is 0 Å². The summed E-state index contributed by atoms with van der Waals surface area (Å²) in [5, 5.41) is 9.20. The highest BCUT2D eigenvalue weighted by molar-refractivity contribution is 7.10. The molecule has 2 aromatic heterocycles. The number of urea groups is 1. The summed E-state index contributed by atoms with van der Waals surface area (Å²) >= 11 is 1.68. The van der Waals surface area contributed by atoms with Crippen molar-refractivity contribution < 1.29 is 9.32 Å². The van der Waals surface area contributed by atoms with Crippen LogP contribution in [-0.2, 0) is 0 Å². The van der Waals surface area contributed by atoms with Crippen molar-refractivity contribution in [3.8, 4) is 0 Å². The van der Waals surface area contributed by atoms with Crippen molar-refractivity contribution in [1.29, 1.82) is 0 Å². The summed E-state index contributed by atoms with van der Waals surface area (Å²) < 4.78 is 5.38. The van der Waals surface area contributed by atoms with Crippen molar-refractivity contribution >= 4 is 17.4 Å². The van der Waals surface area contributed by atoms with E-state index in [2.05, 4.69) is 30.4 Å². The molecule has 6 heteroatoms. The van der Waals surface area contributed by atoms with E-state index in [0.717, 1.165) is 30.8 Å². The van der Waals surface area contributed by atoms with Gasteiger partial charge >= 0.3 is 6.03 Å². The molecule has 1 aliphatic heterocycles. The molecule has 0 radical (unpaired) electrons. The highest BCUT2D eigenvalue weighted by atomic mass is 32.1. The Labute approximate surface area is 140 Å². The molecule has 124 valence electrons. The monoisotopic (exact) mass is 333 g/mol. The lowest BCUT2D eigenvalue weighted by Gasteiger charge is -2.28. The second-order valence-corrected chi connectivity index (χ2v) is 7.39. The van der Waals surface area contributed by atoms with Crippen LogP contribution in [-0.4, -0.2) is 22.6 Å². The van der Waals surface area contributed by atoms with Gasteiger partial charge in [-0.25, -0.2) is 4.79 Å². The number of carbonyl (C=O) groups is 1. The van der Waals surface area contributed by atoms with Crippen LogP contribution in [0.5, 0.6) is 0 Å². The first-order valence-corrected chi connectivity index (χ1v) is 8.98. The van der Waals surface area contributed by atoms with Gasteiger partial charge in [0.15, 0.2) is 5.76 Å². The third kappa shape index (κ3) is 3.42. The van der Waals surface area contributed by atoms with Crippen LogP contribution >= 0.6 is 11.3 Å². The Kier molecular flexibility index (Phi) is 4.71. The van der Waals surface area contributed by atoms with Gasteiger partial charge in [0, 0.05) is 17.5 Å². The van der Waals surface area contributed by atoms with Gasteiger partial charge in [-0.15, -0.1) is 11.3 Å². The summed E-state index contributed by atoms with van der Waals surface area (Å²) in [7, 11) is 0. The number of hydrogen-bond acceptors (Lipinski definition) is 4. The van der Waals surface area contributed by atoms with Crippen LogP contribution in [0, 0.1) is 12.8 Å². The van der Waals surface area contributed by atoms with E-state index in [-0.39, 0.29) is 18.1 Å². The average Bonchev–Trinajstić information content (AvgIpc) is 3.24. The van der Waals surface area contributed by atoms with E-state index in [9.17, 15) is 4.79 Å². The Hall–Kier alpha value is -1.82. The summed E-state index contributed by atoms with van der Waals surface area (Å²) in [5.74, 6) is 1.12. The first-order valence-electron chi connectivity index (χ1n) is 8.10. The summed E-state index contributed by atoms with van der Waals surface area (Å²) in [6.45, 7) is 6.92. The second kappa shape index (κ2) is 6.74. The average molecular weight is 333 g/mol. The van der Waals surface area contributed by atoms with Crippen LogP contribution in [0.1, 0.15) is 55.1 Å². The third-order valence-corrected chi connectivity index (χ3v) is 5.24. The fourth-order valence-corrected chi connectivity index (χ4v) is 4.05. The molecule has 0 spiro atoms. The lowest BCUT2D eigenvalue weighted by atomic mass is 10.0. The predicted octanol–water partition coefficient (Wildman–Crippen LogP) is 4.29. The SMILES string of the molecule is Cc1cc([C@@H]2CCCN2C(=O)N[C@@H](c2cccs2)C(C)C)on1. The minimum Gasteiger partial charge on any atom is -0.359 e. The number of amides is 2. The number of rotatable bonds is 4. The maximum Gasteiger partial charge on any atom is 0.318 e. The van der Waals surface area contributed by atoms with Crippen molar-refractivity contribution in [2.45, 2.75) is 45.7 Å². The fourth-order valence-electron chi connectivity index (χ4n) is 3.10. The molecule has 3 rings (SSSR count). The zero-order valence-corrected chi connectivity index (χ0v) is 14.6. The predicted molar refractivity (Wildman–Crippen MR) is 90.4 cm³/mol. The molecule has 2 amide bonds. The molecular weight excluding hydrogens is 310 g/mol. The number of nitrogens with one attached hydrogen (secondary N) is 1. The molecule has 0 bridgehead atoms. The van der Waals surface area contributed by atoms with Crippen molar-refractivity contribution in [3.05, 3.63) is 39.9 Å². The first kappa shape index (κ1) is 16.1. The number of thiophene rings is 1. The largest absolute Gasteiger partial charge is 0.359 e. The van der Waals surface area contributed by atoms with E-state index in [1.54, 1.807) is 11.3 Å². The van der Waals surface area contributed by atoms with E-state index in [4.69, 9.17) is 4.52 Å². The number of aryl methyl sites for hydroxylation is 1. The maximum absolute atomic E-state index is 12.8. The molecule has 5 nitrogen and oxygen atoms in total. The number of hydrogen-bond donors (Lipinski definition) is 1. The number of carbonyl (C=O) groups excluding carboxylic acids is 1. The Balaban J connectivity index is 1.73. The lowest BCUT2D eigenvalue weighted by molar-refractivity contribution is 0.175. The lowest BCUT2D eigenvalue weighted by Crippen LogP contribution is -2.42. The molecule has 0 unspecified atom stereocenters. The van der Waals surface area contributed by atoms with Gasteiger partial charge in [-0.2, -0.15) is 0 Å². The quantitative estimate of drug-likeness (QED) is 0.908. The van der Waals surface area contributed by atoms with Crippen LogP contribution in [0.3, 0.4) is 0 Å². The number of likely N-dealkylation sites (tertiary alicyclic amines) is 1. The first-order chi connectivity index (χ1) is 11.1. The molecule has 23 heavy (non-hydrogen) atoms. The molecule has 1 fully saturated rings. The van der Waals surface area contributed by atoms with E-state index in [1.807, 2.05) is 29.3 Å². The normalized spacial score (nSPS) is 19.3.